The van der Waals surface area contributed by atoms with Crippen LogP contribution in [0.4, 0.5) is 10.5 Å². The van der Waals surface area contributed by atoms with Crippen LogP contribution < -0.4 is 15.4 Å². The van der Waals surface area contributed by atoms with Crippen molar-refractivity contribution in [2.24, 2.45) is 4.99 Å². The van der Waals surface area contributed by atoms with Crippen molar-refractivity contribution in [1.82, 2.24) is 9.78 Å². The number of urea groups is 1. The van der Waals surface area contributed by atoms with Gasteiger partial charge in [0.25, 0.3) is 0 Å². The van der Waals surface area contributed by atoms with E-state index in [4.69, 9.17) is 4.74 Å². The summed E-state index contributed by atoms with van der Waals surface area (Å²) in [7, 11) is 1.59. The summed E-state index contributed by atoms with van der Waals surface area (Å²) in [6.45, 7) is 0. The monoisotopic (exact) mass is 320 g/mol. The van der Waals surface area contributed by atoms with E-state index in [0.29, 0.717) is 11.0 Å². The molecule has 0 atom stereocenters. The van der Waals surface area contributed by atoms with Gasteiger partial charge in [-0.15, -0.1) is 0 Å². The van der Waals surface area contributed by atoms with Gasteiger partial charge in [-0.05, 0) is 42.5 Å². The van der Waals surface area contributed by atoms with Gasteiger partial charge in [-0.1, -0.05) is 18.2 Å². The molecule has 0 spiro atoms. The van der Waals surface area contributed by atoms with Gasteiger partial charge in [0.1, 0.15) is 5.75 Å². The van der Waals surface area contributed by atoms with Gasteiger partial charge in [0.2, 0.25) is 0 Å². The molecule has 24 heavy (non-hydrogen) atoms. The standard InChI is InChI=1S/C18H16N4O2/c1-24-17-9-7-14(8-10-17)20-18(23)21-15-11-12-22(19-13-15)16-5-3-2-4-6-16/h2-13H,1H3,(H,20,23)/b21-15+. The van der Waals surface area contributed by atoms with Gasteiger partial charge < -0.3 is 10.1 Å². The highest BCUT2D eigenvalue weighted by molar-refractivity contribution is 5.89. The number of benzene rings is 2. The maximum absolute atomic E-state index is 11.9. The summed E-state index contributed by atoms with van der Waals surface area (Å²) in [6.07, 6.45) is 3.30. The number of hydrogen-bond donors (Lipinski definition) is 1. The zero-order chi connectivity index (χ0) is 16.8. The molecule has 0 saturated carbocycles. The highest BCUT2D eigenvalue weighted by Gasteiger charge is 2.00. The molecule has 1 N–H and O–H groups in total. The number of aromatic nitrogens is 2. The first-order valence-electron chi connectivity index (χ1n) is 7.35. The van der Waals surface area contributed by atoms with Crippen LogP contribution in [0.2, 0.25) is 0 Å². The van der Waals surface area contributed by atoms with Crippen LogP contribution in [0.5, 0.6) is 5.75 Å². The molecular formula is C18H16N4O2. The minimum atomic E-state index is -0.459. The number of methoxy groups -OCH3 is 1. The predicted octanol–water partition coefficient (Wildman–Crippen LogP) is 3.01. The molecule has 6 nitrogen and oxygen atoms in total. The fraction of sp³-hybridized carbons (Fsp3) is 0.0556. The molecule has 0 bridgehead atoms. The van der Waals surface area contributed by atoms with E-state index in [1.165, 1.54) is 0 Å². The quantitative estimate of drug-likeness (QED) is 0.806. The van der Waals surface area contributed by atoms with Crippen LogP contribution in [0.25, 0.3) is 5.69 Å². The summed E-state index contributed by atoms with van der Waals surface area (Å²) in [5.41, 5.74) is 1.58. The third kappa shape index (κ3) is 3.86. The zero-order valence-electron chi connectivity index (χ0n) is 13.1. The van der Waals surface area contributed by atoms with Crippen LogP contribution in [-0.4, -0.2) is 22.9 Å². The molecule has 2 amide bonds. The topological polar surface area (TPSA) is 68.5 Å². The van der Waals surface area contributed by atoms with Crippen LogP contribution in [0.1, 0.15) is 0 Å². The van der Waals surface area contributed by atoms with Gasteiger partial charge in [0.05, 0.1) is 24.4 Å². The van der Waals surface area contributed by atoms with E-state index < -0.39 is 6.03 Å². The zero-order valence-corrected chi connectivity index (χ0v) is 13.1. The molecule has 0 aliphatic heterocycles. The number of carbonyl (C=O) groups excluding carboxylic acids is 1. The second kappa shape index (κ2) is 7.23. The molecule has 2 aromatic carbocycles. The van der Waals surface area contributed by atoms with Crippen LogP contribution in [0.3, 0.4) is 0 Å². The predicted molar refractivity (Wildman–Crippen MR) is 91.1 cm³/mol. The van der Waals surface area contributed by atoms with E-state index in [0.717, 1.165) is 11.4 Å². The molecule has 0 unspecified atom stereocenters. The van der Waals surface area contributed by atoms with Crippen LogP contribution in [0.15, 0.2) is 78.0 Å². The van der Waals surface area contributed by atoms with Crippen molar-refractivity contribution < 1.29 is 9.53 Å². The molecular weight excluding hydrogens is 304 g/mol. The van der Waals surface area contributed by atoms with Crippen molar-refractivity contribution in [2.75, 3.05) is 12.4 Å². The lowest BCUT2D eigenvalue weighted by atomic mass is 10.3. The van der Waals surface area contributed by atoms with E-state index in [9.17, 15) is 4.79 Å². The number of hydrogen-bond acceptors (Lipinski definition) is 3. The molecule has 6 heteroatoms. The van der Waals surface area contributed by atoms with Crippen molar-refractivity contribution in [3.8, 4) is 11.4 Å². The highest BCUT2D eigenvalue weighted by atomic mass is 16.5. The minimum absolute atomic E-state index is 0.459. The van der Waals surface area contributed by atoms with Crippen molar-refractivity contribution in [1.29, 1.82) is 0 Å². The van der Waals surface area contributed by atoms with Crippen molar-refractivity contribution >= 4 is 11.7 Å². The third-order valence-corrected chi connectivity index (χ3v) is 3.29. The maximum Gasteiger partial charge on any atom is 0.345 e. The van der Waals surface area contributed by atoms with Gasteiger partial charge in [-0.2, -0.15) is 10.1 Å². The van der Waals surface area contributed by atoms with E-state index in [-0.39, 0.29) is 0 Å². The Morgan fingerprint density at radius 1 is 1.08 bits per heavy atom. The molecule has 1 aromatic heterocycles. The number of rotatable bonds is 3. The molecule has 120 valence electrons. The Labute approximate surface area is 139 Å². The largest absolute Gasteiger partial charge is 0.497 e. The number of ether oxygens (including phenoxy) is 1. The lowest BCUT2D eigenvalue weighted by Gasteiger charge is -2.04. The molecule has 0 fully saturated rings. The van der Waals surface area contributed by atoms with E-state index >= 15 is 0 Å². The van der Waals surface area contributed by atoms with Gasteiger partial charge in [-0.3, -0.25) is 0 Å². The molecule has 3 aromatic rings. The number of carbonyl (C=O) groups is 1. The average Bonchev–Trinajstić information content (AvgIpc) is 2.64. The van der Waals surface area contributed by atoms with Gasteiger partial charge in [0.15, 0.2) is 0 Å². The average molecular weight is 320 g/mol. The molecule has 3 rings (SSSR count). The molecule has 0 aliphatic carbocycles. The van der Waals surface area contributed by atoms with Crippen molar-refractivity contribution in [2.45, 2.75) is 0 Å². The number of nitrogens with zero attached hydrogens (tertiary/aromatic N) is 3. The van der Waals surface area contributed by atoms with Crippen molar-refractivity contribution in [3.63, 3.8) is 0 Å². The van der Waals surface area contributed by atoms with Crippen LogP contribution >= 0.6 is 0 Å². The Kier molecular flexibility index (Phi) is 4.67. The first kappa shape index (κ1) is 15.5. The Morgan fingerprint density at radius 2 is 1.83 bits per heavy atom. The number of para-hydroxylation sites is 1. The Bertz CT molecular complexity index is 866. The summed E-state index contributed by atoms with van der Waals surface area (Å²) in [4.78, 5) is 15.9. The second-order valence-corrected chi connectivity index (χ2v) is 4.94. The Morgan fingerprint density at radius 3 is 2.46 bits per heavy atom. The summed E-state index contributed by atoms with van der Waals surface area (Å²) in [5.74, 6) is 0.725. The summed E-state index contributed by atoms with van der Waals surface area (Å²) in [5, 5.41) is 7.43. The second-order valence-electron chi connectivity index (χ2n) is 4.94. The van der Waals surface area contributed by atoms with Crippen LogP contribution in [-0.2, 0) is 0 Å². The molecule has 0 saturated heterocycles. The Hall–Kier alpha value is -3.41. The smallest absolute Gasteiger partial charge is 0.345 e. The Balaban J connectivity index is 1.72. The third-order valence-electron chi connectivity index (χ3n) is 3.29. The lowest BCUT2D eigenvalue weighted by Crippen LogP contribution is -2.14. The van der Waals surface area contributed by atoms with Gasteiger partial charge >= 0.3 is 6.03 Å². The molecule has 0 radical (unpaired) electrons. The number of anilines is 1. The van der Waals surface area contributed by atoms with E-state index in [1.807, 2.05) is 30.3 Å². The molecule has 1 heterocycles. The van der Waals surface area contributed by atoms with Gasteiger partial charge in [-0.25, -0.2) is 9.48 Å². The normalized spacial score (nSPS) is 11.1. The fourth-order valence-electron chi connectivity index (χ4n) is 2.09. The summed E-state index contributed by atoms with van der Waals surface area (Å²) >= 11 is 0. The highest BCUT2D eigenvalue weighted by Crippen LogP contribution is 2.14. The van der Waals surface area contributed by atoms with E-state index in [2.05, 4.69) is 15.4 Å². The summed E-state index contributed by atoms with van der Waals surface area (Å²) in [6, 6.07) is 18.0. The SMILES string of the molecule is COc1ccc(NC(=O)/N=c2\ccn(-c3ccccc3)nc2)cc1. The summed E-state index contributed by atoms with van der Waals surface area (Å²) < 4.78 is 6.78. The molecule has 0 aliphatic rings. The number of amides is 2. The maximum atomic E-state index is 11.9. The van der Waals surface area contributed by atoms with E-state index in [1.54, 1.807) is 54.5 Å². The first-order chi connectivity index (χ1) is 11.7. The minimum Gasteiger partial charge on any atom is -0.497 e. The van der Waals surface area contributed by atoms with Crippen molar-refractivity contribution in [3.05, 3.63) is 78.4 Å². The fourth-order valence-corrected chi connectivity index (χ4v) is 2.09. The lowest BCUT2D eigenvalue weighted by molar-refractivity contribution is 0.259. The number of nitrogens with one attached hydrogen (secondary N) is 1. The van der Waals surface area contributed by atoms with Gasteiger partial charge in [0, 0.05) is 11.9 Å². The first-order valence-corrected chi connectivity index (χ1v) is 7.35. The van der Waals surface area contributed by atoms with Crippen LogP contribution in [0, 0.1) is 0 Å².